The Balaban J connectivity index is 2.63. The van der Waals surface area contributed by atoms with E-state index in [-0.39, 0.29) is 18.1 Å². The average molecular weight is 229 g/mol. The summed E-state index contributed by atoms with van der Waals surface area (Å²) in [6.07, 6.45) is 2.98. The van der Waals surface area contributed by atoms with Gasteiger partial charge in [0.2, 0.25) is 0 Å². The topological polar surface area (TPSA) is 67.6 Å². The third-order valence-electron chi connectivity index (χ3n) is 2.93. The molecule has 94 valence electrons. The molecule has 5 nitrogen and oxygen atoms in total. The van der Waals surface area contributed by atoms with Crippen molar-refractivity contribution in [2.75, 3.05) is 19.7 Å². The van der Waals surface area contributed by atoms with Crippen LogP contribution in [0.15, 0.2) is 0 Å². The first kappa shape index (κ1) is 13.4. The highest BCUT2D eigenvalue weighted by atomic mass is 16.5. The molecule has 3 N–H and O–H groups in total. The van der Waals surface area contributed by atoms with Crippen LogP contribution in [0.2, 0.25) is 0 Å². The number of nitrogens with one attached hydrogen (secondary N) is 1. The number of amides is 1. The Bertz CT molecular complexity index is 223. The molecule has 1 aliphatic heterocycles. The second-order valence-corrected chi connectivity index (χ2v) is 4.34. The molecule has 1 heterocycles. The minimum Gasteiger partial charge on any atom is -0.377 e. The van der Waals surface area contributed by atoms with Crippen LogP contribution in [0.25, 0.3) is 0 Å². The van der Waals surface area contributed by atoms with Crippen molar-refractivity contribution in [3.8, 4) is 0 Å². The highest BCUT2D eigenvalue weighted by molar-refractivity contribution is 5.81. The van der Waals surface area contributed by atoms with Crippen LogP contribution >= 0.6 is 0 Å². The van der Waals surface area contributed by atoms with Crippen LogP contribution in [-0.4, -0.2) is 42.6 Å². The van der Waals surface area contributed by atoms with E-state index in [1.807, 2.05) is 6.92 Å². The first-order valence-electron chi connectivity index (χ1n) is 6.05. The number of hydrazine groups is 1. The Morgan fingerprint density at radius 2 is 2.44 bits per heavy atom. The summed E-state index contributed by atoms with van der Waals surface area (Å²) in [6, 6.07) is -0.112. The molecule has 0 bridgehead atoms. The van der Waals surface area contributed by atoms with E-state index in [2.05, 4.69) is 17.2 Å². The van der Waals surface area contributed by atoms with Gasteiger partial charge in [-0.25, -0.2) is 5.84 Å². The van der Waals surface area contributed by atoms with Gasteiger partial charge in [0.15, 0.2) is 0 Å². The van der Waals surface area contributed by atoms with Gasteiger partial charge in [-0.2, -0.15) is 0 Å². The van der Waals surface area contributed by atoms with E-state index >= 15 is 0 Å². The first-order chi connectivity index (χ1) is 7.69. The van der Waals surface area contributed by atoms with Crippen molar-refractivity contribution in [3.05, 3.63) is 0 Å². The zero-order chi connectivity index (χ0) is 12.0. The number of nitrogens with zero attached hydrogens (tertiary/aromatic N) is 1. The van der Waals surface area contributed by atoms with E-state index in [1.54, 1.807) is 0 Å². The summed E-state index contributed by atoms with van der Waals surface area (Å²) in [4.78, 5) is 13.9. The lowest BCUT2D eigenvalue weighted by Gasteiger charge is -2.29. The molecule has 2 atom stereocenters. The minimum atomic E-state index is -0.112. The van der Waals surface area contributed by atoms with Gasteiger partial charge in [-0.15, -0.1) is 0 Å². The van der Waals surface area contributed by atoms with E-state index < -0.39 is 0 Å². The fourth-order valence-electron chi connectivity index (χ4n) is 2.16. The molecular formula is C11H23N3O2. The smallest absolute Gasteiger partial charge is 0.251 e. The molecule has 0 spiro atoms. The molecule has 1 saturated heterocycles. The highest BCUT2D eigenvalue weighted by Gasteiger charge is 2.27. The fourth-order valence-corrected chi connectivity index (χ4v) is 2.16. The second kappa shape index (κ2) is 6.83. The number of rotatable bonds is 4. The maximum Gasteiger partial charge on any atom is 0.251 e. The van der Waals surface area contributed by atoms with E-state index in [4.69, 9.17) is 10.6 Å². The van der Waals surface area contributed by atoms with Crippen LogP contribution < -0.4 is 11.3 Å². The van der Waals surface area contributed by atoms with Gasteiger partial charge >= 0.3 is 0 Å². The number of nitrogens with two attached hydrogens (primary N) is 1. The van der Waals surface area contributed by atoms with Crippen LogP contribution in [0.3, 0.4) is 0 Å². The van der Waals surface area contributed by atoms with Crippen molar-refractivity contribution < 1.29 is 9.53 Å². The Morgan fingerprint density at radius 1 is 1.69 bits per heavy atom. The molecule has 0 aliphatic carbocycles. The Kier molecular flexibility index (Phi) is 5.73. The summed E-state index contributed by atoms with van der Waals surface area (Å²) < 4.78 is 5.57. The maximum atomic E-state index is 11.7. The van der Waals surface area contributed by atoms with Gasteiger partial charge in [0.1, 0.15) is 0 Å². The van der Waals surface area contributed by atoms with Gasteiger partial charge in [0.05, 0.1) is 12.1 Å². The van der Waals surface area contributed by atoms with Gasteiger partial charge in [-0.05, 0) is 19.8 Å². The summed E-state index contributed by atoms with van der Waals surface area (Å²) >= 11 is 0. The molecule has 0 saturated carbocycles. The summed E-state index contributed by atoms with van der Waals surface area (Å²) in [6.45, 7) is 6.61. The van der Waals surface area contributed by atoms with Crippen LogP contribution in [0, 0.1) is 0 Å². The van der Waals surface area contributed by atoms with Crippen LogP contribution in [-0.2, 0) is 9.53 Å². The Hall–Kier alpha value is -0.650. The van der Waals surface area contributed by atoms with E-state index in [0.717, 1.165) is 39.0 Å². The number of carbonyl (C=O) groups excluding carboxylic acids is 1. The quantitative estimate of drug-likeness (QED) is 0.412. The first-order valence-corrected chi connectivity index (χ1v) is 6.05. The van der Waals surface area contributed by atoms with Gasteiger partial charge < -0.3 is 4.74 Å². The lowest BCUT2D eigenvalue weighted by Crippen LogP contribution is -2.50. The molecule has 1 amide bonds. The van der Waals surface area contributed by atoms with Crippen molar-refractivity contribution in [1.82, 2.24) is 10.3 Å². The fraction of sp³-hybridized carbons (Fsp3) is 0.909. The minimum absolute atomic E-state index is 0.0871. The summed E-state index contributed by atoms with van der Waals surface area (Å²) in [5.41, 5.74) is 2.26. The normalized spacial score (nSPS) is 24.8. The third-order valence-corrected chi connectivity index (χ3v) is 2.93. The van der Waals surface area contributed by atoms with E-state index in [0.29, 0.717) is 0 Å². The molecular weight excluding hydrogens is 206 g/mol. The number of ether oxygens (including phenoxy) is 1. The largest absolute Gasteiger partial charge is 0.377 e. The molecule has 0 aromatic carbocycles. The zero-order valence-corrected chi connectivity index (χ0v) is 10.2. The SMILES string of the molecule is CCCC(C(=O)NN)N1CCCOC(C)C1. The van der Waals surface area contributed by atoms with Gasteiger partial charge in [-0.1, -0.05) is 13.3 Å². The predicted octanol–water partition coefficient (Wildman–Crippen LogP) is 0.256. The molecule has 0 aromatic rings. The van der Waals surface area contributed by atoms with Crippen molar-refractivity contribution >= 4 is 5.91 Å². The summed E-state index contributed by atoms with van der Waals surface area (Å²) in [5, 5.41) is 0. The molecule has 0 radical (unpaired) electrons. The van der Waals surface area contributed by atoms with Gasteiger partial charge in [-0.3, -0.25) is 15.1 Å². The van der Waals surface area contributed by atoms with Crippen LogP contribution in [0.5, 0.6) is 0 Å². The maximum absolute atomic E-state index is 11.7. The average Bonchev–Trinajstić information content (AvgIpc) is 2.49. The van der Waals surface area contributed by atoms with Crippen molar-refractivity contribution in [1.29, 1.82) is 0 Å². The molecule has 5 heteroatoms. The molecule has 1 aliphatic rings. The van der Waals surface area contributed by atoms with E-state index in [9.17, 15) is 4.79 Å². The van der Waals surface area contributed by atoms with Crippen molar-refractivity contribution in [2.45, 2.75) is 45.3 Å². The number of hydrogen-bond acceptors (Lipinski definition) is 4. The molecule has 1 rings (SSSR count). The van der Waals surface area contributed by atoms with E-state index in [1.165, 1.54) is 0 Å². The zero-order valence-electron chi connectivity index (χ0n) is 10.2. The number of hydrogen-bond donors (Lipinski definition) is 2. The molecule has 2 unspecified atom stereocenters. The molecule has 1 fully saturated rings. The standard InChI is InChI=1S/C11H23N3O2/c1-3-5-10(11(15)13-12)14-6-4-7-16-9(2)8-14/h9-10H,3-8,12H2,1-2H3,(H,13,15). The van der Waals surface area contributed by atoms with Crippen molar-refractivity contribution in [2.24, 2.45) is 5.84 Å². The lowest BCUT2D eigenvalue weighted by atomic mass is 10.1. The number of carbonyl (C=O) groups is 1. The predicted molar refractivity (Wildman–Crippen MR) is 62.6 cm³/mol. The second-order valence-electron chi connectivity index (χ2n) is 4.34. The molecule has 0 aromatic heterocycles. The molecule has 16 heavy (non-hydrogen) atoms. The van der Waals surface area contributed by atoms with Crippen molar-refractivity contribution in [3.63, 3.8) is 0 Å². The summed E-state index contributed by atoms with van der Waals surface area (Å²) in [5.74, 6) is 5.14. The Labute approximate surface area is 97.3 Å². The monoisotopic (exact) mass is 229 g/mol. The lowest BCUT2D eigenvalue weighted by molar-refractivity contribution is -0.127. The highest BCUT2D eigenvalue weighted by Crippen LogP contribution is 2.13. The summed E-state index contributed by atoms with van der Waals surface area (Å²) in [7, 11) is 0. The van der Waals surface area contributed by atoms with Crippen LogP contribution in [0.1, 0.15) is 33.1 Å². The Morgan fingerprint density at radius 3 is 3.06 bits per heavy atom. The van der Waals surface area contributed by atoms with Crippen LogP contribution in [0.4, 0.5) is 0 Å². The van der Waals surface area contributed by atoms with Gasteiger partial charge in [0.25, 0.3) is 5.91 Å². The van der Waals surface area contributed by atoms with Gasteiger partial charge in [0, 0.05) is 19.7 Å². The third kappa shape index (κ3) is 3.73.